The van der Waals surface area contributed by atoms with E-state index < -0.39 is 11.9 Å². The molecular formula is C17H15BrO2S. The predicted octanol–water partition coefficient (Wildman–Crippen LogP) is 4.90. The van der Waals surface area contributed by atoms with Gasteiger partial charge in [-0.2, -0.15) is 0 Å². The predicted molar refractivity (Wildman–Crippen MR) is 89.0 cm³/mol. The van der Waals surface area contributed by atoms with E-state index in [-0.39, 0.29) is 0 Å². The van der Waals surface area contributed by atoms with Gasteiger partial charge in [-0.05, 0) is 35.6 Å². The van der Waals surface area contributed by atoms with E-state index in [1.54, 1.807) is 0 Å². The minimum Gasteiger partial charge on any atom is -0.481 e. The minimum atomic E-state index is -0.753. The van der Waals surface area contributed by atoms with Crippen molar-refractivity contribution in [2.45, 2.75) is 23.2 Å². The second-order valence-corrected chi connectivity index (χ2v) is 7.11. The normalized spacial score (nSPS) is 18.2. The van der Waals surface area contributed by atoms with Crippen molar-refractivity contribution in [1.29, 1.82) is 0 Å². The third-order valence-electron chi connectivity index (χ3n) is 3.90. The lowest BCUT2D eigenvalue weighted by Gasteiger charge is -2.19. The van der Waals surface area contributed by atoms with Crippen LogP contribution in [0.4, 0.5) is 0 Å². The summed E-state index contributed by atoms with van der Waals surface area (Å²) in [5, 5.41) is 9.63. The molecule has 0 spiro atoms. The fraction of sp³-hybridized carbons (Fsp3) is 0.235. The molecule has 0 aliphatic carbocycles. The SMILES string of the molecule is O=C(O)C(CC1CSc2ccccc21)c1ccccc1Br. The average molecular weight is 363 g/mol. The molecule has 2 aromatic rings. The number of benzene rings is 2. The first kappa shape index (κ1) is 14.7. The Morgan fingerprint density at radius 2 is 1.95 bits per heavy atom. The van der Waals surface area contributed by atoms with Gasteiger partial charge in [0.25, 0.3) is 0 Å². The van der Waals surface area contributed by atoms with Gasteiger partial charge < -0.3 is 5.11 Å². The Hall–Kier alpha value is -1.26. The minimum absolute atomic E-state index is 0.305. The van der Waals surface area contributed by atoms with Gasteiger partial charge in [0.15, 0.2) is 0 Å². The van der Waals surface area contributed by atoms with Crippen molar-refractivity contribution < 1.29 is 9.90 Å². The number of fused-ring (bicyclic) bond motifs is 1. The zero-order chi connectivity index (χ0) is 14.8. The first-order valence-corrected chi connectivity index (χ1v) is 8.63. The third-order valence-corrected chi connectivity index (χ3v) is 5.87. The molecule has 21 heavy (non-hydrogen) atoms. The molecule has 2 atom stereocenters. The van der Waals surface area contributed by atoms with Gasteiger partial charge in [0.05, 0.1) is 5.92 Å². The smallest absolute Gasteiger partial charge is 0.311 e. The molecule has 1 heterocycles. The zero-order valence-electron chi connectivity index (χ0n) is 11.3. The topological polar surface area (TPSA) is 37.3 Å². The Kier molecular flexibility index (Phi) is 4.36. The summed E-state index contributed by atoms with van der Waals surface area (Å²) >= 11 is 5.30. The molecular weight excluding hydrogens is 348 g/mol. The van der Waals surface area contributed by atoms with E-state index in [9.17, 15) is 9.90 Å². The molecule has 1 aliphatic heterocycles. The fourth-order valence-corrected chi connectivity index (χ4v) is 4.66. The van der Waals surface area contributed by atoms with Crippen LogP contribution in [0, 0.1) is 0 Å². The molecule has 0 bridgehead atoms. The van der Waals surface area contributed by atoms with Gasteiger partial charge in [-0.3, -0.25) is 4.79 Å². The second-order valence-electron chi connectivity index (χ2n) is 5.19. The molecule has 0 radical (unpaired) electrons. The van der Waals surface area contributed by atoms with Crippen LogP contribution in [0.3, 0.4) is 0 Å². The maximum absolute atomic E-state index is 11.7. The monoisotopic (exact) mass is 362 g/mol. The number of carbonyl (C=O) groups is 1. The average Bonchev–Trinajstić information content (AvgIpc) is 2.89. The highest BCUT2D eigenvalue weighted by Gasteiger charge is 2.30. The summed E-state index contributed by atoms with van der Waals surface area (Å²) in [6.45, 7) is 0. The van der Waals surface area contributed by atoms with Gasteiger partial charge in [0, 0.05) is 15.1 Å². The lowest BCUT2D eigenvalue weighted by atomic mass is 9.86. The van der Waals surface area contributed by atoms with E-state index in [1.807, 2.05) is 48.2 Å². The number of carboxylic acid groups (broad SMARTS) is 1. The number of halogens is 1. The van der Waals surface area contributed by atoms with Gasteiger partial charge in [-0.25, -0.2) is 0 Å². The van der Waals surface area contributed by atoms with E-state index in [4.69, 9.17) is 0 Å². The van der Waals surface area contributed by atoms with Crippen LogP contribution in [0.15, 0.2) is 57.9 Å². The van der Waals surface area contributed by atoms with Crippen LogP contribution in [-0.2, 0) is 4.79 Å². The number of rotatable bonds is 4. The maximum Gasteiger partial charge on any atom is 0.311 e. The number of hydrogen-bond acceptors (Lipinski definition) is 2. The van der Waals surface area contributed by atoms with Crippen LogP contribution < -0.4 is 0 Å². The second kappa shape index (κ2) is 6.24. The Balaban J connectivity index is 1.88. The van der Waals surface area contributed by atoms with Crippen molar-refractivity contribution in [1.82, 2.24) is 0 Å². The van der Waals surface area contributed by atoms with Gasteiger partial charge in [0.2, 0.25) is 0 Å². The first-order valence-electron chi connectivity index (χ1n) is 6.85. The van der Waals surface area contributed by atoms with Gasteiger partial charge in [-0.1, -0.05) is 52.3 Å². The van der Waals surface area contributed by atoms with Crippen molar-refractivity contribution >= 4 is 33.7 Å². The molecule has 0 saturated heterocycles. The zero-order valence-corrected chi connectivity index (χ0v) is 13.7. The summed E-state index contributed by atoms with van der Waals surface area (Å²) < 4.78 is 0.872. The summed E-state index contributed by atoms with van der Waals surface area (Å²) in [5.41, 5.74) is 2.15. The highest BCUT2D eigenvalue weighted by molar-refractivity contribution is 9.10. The first-order chi connectivity index (χ1) is 10.2. The van der Waals surface area contributed by atoms with Crippen LogP contribution in [0.2, 0.25) is 0 Å². The molecule has 0 aromatic heterocycles. The van der Waals surface area contributed by atoms with E-state index in [0.717, 1.165) is 15.8 Å². The summed E-state index contributed by atoms with van der Waals surface area (Å²) in [6.07, 6.45) is 0.641. The van der Waals surface area contributed by atoms with Gasteiger partial charge in [-0.15, -0.1) is 11.8 Å². The number of carboxylic acids is 1. The number of hydrogen-bond donors (Lipinski definition) is 1. The lowest BCUT2D eigenvalue weighted by molar-refractivity contribution is -0.139. The quantitative estimate of drug-likeness (QED) is 0.840. The Morgan fingerprint density at radius 1 is 1.24 bits per heavy atom. The summed E-state index contributed by atoms with van der Waals surface area (Å²) in [4.78, 5) is 13.0. The van der Waals surface area contributed by atoms with Crippen molar-refractivity contribution in [3.63, 3.8) is 0 Å². The molecule has 3 rings (SSSR count). The molecule has 0 fully saturated rings. The van der Waals surface area contributed by atoms with Crippen molar-refractivity contribution in [2.75, 3.05) is 5.75 Å². The van der Waals surface area contributed by atoms with E-state index in [1.165, 1.54) is 10.5 Å². The third kappa shape index (κ3) is 3.01. The van der Waals surface area contributed by atoms with Crippen molar-refractivity contribution in [3.8, 4) is 0 Å². The molecule has 0 amide bonds. The number of thioether (sulfide) groups is 1. The van der Waals surface area contributed by atoms with Crippen LogP contribution in [0.5, 0.6) is 0 Å². The van der Waals surface area contributed by atoms with Crippen LogP contribution in [-0.4, -0.2) is 16.8 Å². The standard InChI is InChI=1S/C17H15BrO2S/c18-15-7-3-1-6-13(15)14(17(19)20)9-11-10-21-16-8-4-2-5-12(11)16/h1-8,11,14H,9-10H2,(H,19,20). The van der Waals surface area contributed by atoms with Crippen molar-refractivity contribution in [3.05, 3.63) is 64.1 Å². The van der Waals surface area contributed by atoms with Crippen molar-refractivity contribution in [2.24, 2.45) is 0 Å². The fourth-order valence-electron chi connectivity index (χ4n) is 2.83. The molecule has 1 N–H and O–H groups in total. The number of aliphatic carboxylic acids is 1. The van der Waals surface area contributed by atoms with Crippen LogP contribution in [0.1, 0.15) is 29.4 Å². The molecule has 2 unspecified atom stereocenters. The Bertz CT molecular complexity index is 671. The molecule has 0 saturated carbocycles. The van der Waals surface area contributed by atoms with Crippen LogP contribution in [0.25, 0.3) is 0 Å². The Labute approximate surface area is 136 Å². The van der Waals surface area contributed by atoms with E-state index in [2.05, 4.69) is 28.1 Å². The molecule has 4 heteroatoms. The summed E-state index contributed by atoms with van der Waals surface area (Å²) in [6, 6.07) is 15.9. The largest absolute Gasteiger partial charge is 0.481 e. The highest BCUT2D eigenvalue weighted by atomic mass is 79.9. The van der Waals surface area contributed by atoms with E-state index in [0.29, 0.717) is 12.3 Å². The lowest BCUT2D eigenvalue weighted by Crippen LogP contribution is -2.16. The van der Waals surface area contributed by atoms with Gasteiger partial charge in [0.1, 0.15) is 0 Å². The summed E-state index contributed by atoms with van der Waals surface area (Å²) in [7, 11) is 0. The Morgan fingerprint density at radius 3 is 2.71 bits per heavy atom. The van der Waals surface area contributed by atoms with Crippen LogP contribution >= 0.6 is 27.7 Å². The van der Waals surface area contributed by atoms with Gasteiger partial charge >= 0.3 is 5.97 Å². The summed E-state index contributed by atoms with van der Waals surface area (Å²) in [5.74, 6) is 0.0427. The maximum atomic E-state index is 11.7. The highest BCUT2D eigenvalue weighted by Crippen LogP contribution is 2.44. The molecule has 2 nitrogen and oxygen atoms in total. The van der Waals surface area contributed by atoms with E-state index >= 15 is 0 Å². The molecule has 1 aliphatic rings. The molecule has 2 aromatic carbocycles. The molecule has 108 valence electrons.